The molecule has 0 atom stereocenters. The van der Waals surface area contributed by atoms with Gasteiger partial charge in [-0.15, -0.1) is 11.3 Å². The SMILES string of the molecule is Cc1cccc(NC(=S)N(CCCN2CCCCCC2)Cc2cccs2)c1. The lowest BCUT2D eigenvalue weighted by atomic mass is 10.2. The average molecular weight is 402 g/mol. The fourth-order valence-electron chi connectivity index (χ4n) is 3.61. The highest BCUT2D eigenvalue weighted by molar-refractivity contribution is 7.80. The Morgan fingerprint density at radius 3 is 2.67 bits per heavy atom. The zero-order chi connectivity index (χ0) is 18.9. The lowest BCUT2D eigenvalue weighted by Crippen LogP contribution is -2.36. The number of aryl methyl sites for hydroxylation is 1. The molecule has 1 N–H and O–H groups in total. The monoisotopic (exact) mass is 401 g/mol. The van der Waals surface area contributed by atoms with Gasteiger partial charge in [-0.2, -0.15) is 0 Å². The molecule has 2 aromatic rings. The van der Waals surface area contributed by atoms with E-state index < -0.39 is 0 Å². The van der Waals surface area contributed by atoms with Crippen LogP contribution in [-0.4, -0.2) is 41.1 Å². The van der Waals surface area contributed by atoms with E-state index in [4.69, 9.17) is 12.2 Å². The molecule has 0 unspecified atom stereocenters. The smallest absolute Gasteiger partial charge is 0.173 e. The van der Waals surface area contributed by atoms with Crippen LogP contribution in [0.3, 0.4) is 0 Å². The van der Waals surface area contributed by atoms with Gasteiger partial charge < -0.3 is 15.1 Å². The van der Waals surface area contributed by atoms with Gasteiger partial charge in [-0.3, -0.25) is 0 Å². The summed E-state index contributed by atoms with van der Waals surface area (Å²) in [5.41, 5.74) is 2.32. The number of likely N-dealkylation sites (tertiary alicyclic amines) is 1. The van der Waals surface area contributed by atoms with Crippen molar-refractivity contribution in [2.24, 2.45) is 0 Å². The summed E-state index contributed by atoms with van der Waals surface area (Å²) >= 11 is 7.57. The summed E-state index contributed by atoms with van der Waals surface area (Å²) < 4.78 is 0. The van der Waals surface area contributed by atoms with E-state index in [1.807, 2.05) is 0 Å². The summed E-state index contributed by atoms with van der Waals surface area (Å²) in [4.78, 5) is 6.31. The van der Waals surface area contributed by atoms with Gasteiger partial charge in [0.25, 0.3) is 0 Å². The van der Waals surface area contributed by atoms with Gasteiger partial charge in [0.15, 0.2) is 5.11 Å². The number of thiophene rings is 1. The van der Waals surface area contributed by atoms with Crippen LogP contribution in [0.15, 0.2) is 41.8 Å². The molecular weight excluding hydrogens is 370 g/mol. The van der Waals surface area contributed by atoms with Gasteiger partial charge in [0, 0.05) is 17.1 Å². The second kappa shape index (κ2) is 10.8. The van der Waals surface area contributed by atoms with Crippen molar-refractivity contribution in [3.63, 3.8) is 0 Å². The maximum absolute atomic E-state index is 5.77. The fourth-order valence-corrected chi connectivity index (χ4v) is 4.61. The summed E-state index contributed by atoms with van der Waals surface area (Å²) in [5.74, 6) is 0. The predicted molar refractivity (Wildman–Crippen MR) is 122 cm³/mol. The minimum absolute atomic E-state index is 0.824. The molecule has 2 heterocycles. The lowest BCUT2D eigenvalue weighted by molar-refractivity contribution is 0.266. The fraction of sp³-hybridized carbons (Fsp3) is 0.500. The first-order valence-corrected chi connectivity index (χ1v) is 11.4. The largest absolute Gasteiger partial charge is 0.344 e. The maximum Gasteiger partial charge on any atom is 0.173 e. The van der Waals surface area contributed by atoms with Crippen molar-refractivity contribution in [3.05, 3.63) is 52.2 Å². The zero-order valence-electron chi connectivity index (χ0n) is 16.3. The minimum atomic E-state index is 0.824. The van der Waals surface area contributed by atoms with Crippen molar-refractivity contribution in [2.75, 3.05) is 31.5 Å². The van der Waals surface area contributed by atoms with E-state index in [9.17, 15) is 0 Å². The first-order valence-electron chi connectivity index (χ1n) is 10.1. The molecule has 0 amide bonds. The van der Waals surface area contributed by atoms with E-state index in [1.54, 1.807) is 11.3 Å². The van der Waals surface area contributed by atoms with Crippen LogP contribution >= 0.6 is 23.6 Å². The zero-order valence-corrected chi connectivity index (χ0v) is 18.0. The number of nitrogens with one attached hydrogen (secondary N) is 1. The first kappa shape index (κ1) is 20.3. The number of nitrogens with zero attached hydrogens (tertiary/aromatic N) is 2. The van der Waals surface area contributed by atoms with Crippen LogP contribution in [0.25, 0.3) is 0 Å². The van der Waals surface area contributed by atoms with Crippen LogP contribution in [0.4, 0.5) is 5.69 Å². The average Bonchev–Trinajstić information content (AvgIpc) is 3.02. The quantitative estimate of drug-likeness (QED) is 0.615. The van der Waals surface area contributed by atoms with Gasteiger partial charge in [0.05, 0.1) is 6.54 Å². The first-order chi connectivity index (χ1) is 13.2. The molecule has 0 saturated carbocycles. The van der Waals surface area contributed by atoms with E-state index in [2.05, 4.69) is 63.8 Å². The van der Waals surface area contributed by atoms with Crippen LogP contribution < -0.4 is 5.32 Å². The summed E-state index contributed by atoms with van der Waals surface area (Å²) in [5, 5.41) is 6.41. The third kappa shape index (κ3) is 6.91. The van der Waals surface area contributed by atoms with Gasteiger partial charge in [-0.1, -0.05) is 31.0 Å². The molecule has 0 bridgehead atoms. The molecule has 1 aromatic heterocycles. The summed E-state index contributed by atoms with van der Waals surface area (Å²) in [7, 11) is 0. The van der Waals surface area contributed by atoms with Crippen molar-refractivity contribution >= 4 is 34.4 Å². The van der Waals surface area contributed by atoms with Gasteiger partial charge in [0.1, 0.15) is 0 Å². The Hall–Kier alpha value is -1.43. The Labute approximate surface area is 173 Å². The van der Waals surface area contributed by atoms with E-state index in [1.165, 1.54) is 55.8 Å². The van der Waals surface area contributed by atoms with Gasteiger partial charge >= 0.3 is 0 Å². The van der Waals surface area contributed by atoms with E-state index >= 15 is 0 Å². The molecule has 27 heavy (non-hydrogen) atoms. The number of hydrogen-bond donors (Lipinski definition) is 1. The van der Waals surface area contributed by atoms with Gasteiger partial charge in [-0.25, -0.2) is 0 Å². The molecule has 1 aliphatic rings. The second-order valence-corrected chi connectivity index (χ2v) is 8.83. The topological polar surface area (TPSA) is 18.5 Å². The Morgan fingerprint density at radius 2 is 1.96 bits per heavy atom. The molecule has 1 aromatic carbocycles. The minimum Gasteiger partial charge on any atom is -0.344 e. The number of rotatable bonds is 7. The van der Waals surface area contributed by atoms with E-state index in [-0.39, 0.29) is 0 Å². The predicted octanol–water partition coefficient (Wildman–Crippen LogP) is 5.52. The summed E-state index contributed by atoms with van der Waals surface area (Å²) in [6.07, 6.45) is 6.65. The Morgan fingerprint density at radius 1 is 1.15 bits per heavy atom. The number of hydrogen-bond acceptors (Lipinski definition) is 3. The lowest BCUT2D eigenvalue weighted by Gasteiger charge is -2.27. The Balaban J connectivity index is 1.56. The van der Waals surface area contributed by atoms with Crippen LogP contribution in [0.2, 0.25) is 0 Å². The third-order valence-corrected chi connectivity index (χ3v) is 6.31. The third-order valence-electron chi connectivity index (χ3n) is 5.08. The molecule has 3 nitrogen and oxygen atoms in total. The standard InChI is InChI=1S/C22H31N3S2/c1-19-9-6-10-20(17-19)23-22(26)25(18-21-11-7-16-27-21)15-8-14-24-12-4-2-3-5-13-24/h6-7,9-11,16-17H,2-5,8,12-15,18H2,1H3,(H,23,26). The highest BCUT2D eigenvalue weighted by atomic mass is 32.1. The van der Waals surface area contributed by atoms with Crippen LogP contribution in [0.5, 0.6) is 0 Å². The second-order valence-electron chi connectivity index (χ2n) is 7.41. The molecule has 1 fully saturated rings. The van der Waals surface area contributed by atoms with Crippen molar-refractivity contribution in [1.29, 1.82) is 0 Å². The highest BCUT2D eigenvalue weighted by Gasteiger charge is 2.13. The maximum atomic E-state index is 5.77. The van der Waals surface area contributed by atoms with Crippen molar-refractivity contribution < 1.29 is 0 Å². The van der Waals surface area contributed by atoms with E-state index in [0.29, 0.717) is 0 Å². The van der Waals surface area contributed by atoms with Gasteiger partial charge in [-0.05, 0) is 87.2 Å². The molecule has 0 spiro atoms. The number of anilines is 1. The molecular formula is C22H31N3S2. The van der Waals surface area contributed by atoms with Crippen molar-refractivity contribution in [2.45, 2.75) is 45.6 Å². The van der Waals surface area contributed by atoms with Crippen LogP contribution in [0, 0.1) is 6.92 Å². The number of thiocarbonyl (C=S) groups is 1. The molecule has 0 radical (unpaired) electrons. The normalized spacial score (nSPS) is 15.3. The van der Waals surface area contributed by atoms with E-state index in [0.717, 1.165) is 30.3 Å². The van der Waals surface area contributed by atoms with Crippen molar-refractivity contribution in [1.82, 2.24) is 9.80 Å². The summed E-state index contributed by atoms with van der Waals surface area (Å²) in [6, 6.07) is 12.7. The Bertz CT molecular complexity index is 691. The number of benzene rings is 1. The van der Waals surface area contributed by atoms with Crippen LogP contribution in [-0.2, 0) is 6.54 Å². The molecule has 1 saturated heterocycles. The molecule has 3 rings (SSSR count). The summed E-state index contributed by atoms with van der Waals surface area (Å²) in [6.45, 7) is 7.68. The molecule has 1 aliphatic heterocycles. The highest BCUT2D eigenvalue weighted by Crippen LogP contribution is 2.16. The molecule has 5 heteroatoms. The molecule has 0 aliphatic carbocycles. The van der Waals surface area contributed by atoms with Crippen molar-refractivity contribution in [3.8, 4) is 0 Å². The molecule has 146 valence electrons. The van der Waals surface area contributed by atoms with Gasteiger partial charge in [0.2, 0.25) is 0 Å². The Kier molecular flexibility index (Phi) is 8.11. The van der Waals surface area contributed by atoms with Crippen LogP contribution in [0.1, 0.15) is 42.5 Å².